The predicted octanol–water partition coefficient (Wildman–Crippen LogP) is 5.54. The van der Waals surface area contributed by atoms with E-state index >= 15 is 0 Å². The first-order valence-electron chi connectivity index (χ1n) is 10.8. The number of rotatable bonds is 3. The second-order valence-electron chi connectivity index (χ2n) is 9.51. The van der Waals surface area contributed by atoms with Crippen LogP contribution in [0.2, 0.25) is 0 Å². The van der Waals surface area contributed by atoms with E-state index in [4.69, 9.17) is 9.47 Å². The van der Waals surface area contributed by atoms with Gasteiger partial charge in [0, 0.05) is 59.5 Å². The highest BCUT2D eigenvalue weighted by atomic mass is 79.9. The number of benzene rings is 1. The summed E-state index contributed by atoms with van der Waals surface area (Å²) < 4.78 is 13.6. The summed E-state index contributed by atoms with van der Waals surface area (Å²) in [5.41, 5.74) is 0.544. The number of anilines is 2. The van der Waals surface area contributed by atoms with Gasteiger partial charge in [0.15, 0.2) is 17.3 Å². The van der Waals surface area contributed by atoms with Gasteiger partial charge in [0.05, 0.1) is 5.69 Å². The number of likely N-dealkylation sites (tertiary alicyclic amines) is 2. The van der Waals surface area contributed by atoms with Gasteiger partial charge in [-0.15, -0.1) is 0 Å². The number of aromatic nitrogens is 1. The summed E-state index contributed by atoms with van der Waals surface area (Å²) >= 11 is 7.04. The van der Waals surface area contributed by atoms with Gasteiger partial charge in [-0.2, -0.15) is 0 Å². The quantitative estimate of drug-likeness (QED) is 0.487. The van der Waals surface area contributed by atoms with Crippen LogP contribution in [0.4, 0.5) is 16.3 Å². The fourth-order valence-electron chi connectivity index (χ4n) is 4.74. The van der Waals surface area contributed by atoms with E-state index in [1.807, 2.05) is 43.9 Å². The first-order valence-corrected chi connectivity index (χ1v) is 12.4. The SMILES string of the molecule is CC(C)(C)OC(=O)N1C[C@H]2C[C@@H]1CN2CCN1c2ccc(Br)cc2Oc2cc(Br)cnc21. The third kappa shape index (κ3) is 4.22. The molecule has 7 nitrogen and oxygen atoms in total. The molecule has 5 rings (SSSR count). The number of hydrogen-bond donors (Lipinski definition) is 0. The largest absolute Gasteiger partial charge is 0.451 e. The van der Waals surface area contributed by atoms with Crippen LogP contribution < -0.4 is 9.64 Å². The number of piperazine rings is 1. The zero-order valence-corrected chi connectivity index (χ0v) is 21.5. The van der Waals surface area contributed by atoms with E-state index in [0.29, 0.717) is 6.04 Å². The van der Waals surface area contributed by atoms with Crippen molar-refractivity contribution in [2.45, 2.75) is 44.9 Å². The van der Waals surface area contributed by atoms with Crippen LogP contribution >= 0.6 is 31.9 Å². The summed E-state index contributed by atoms with van der Waals surface area (Å²) in [5, 5.41) is 0. The summed E-state index contributed by atoms with van der Waals surface area (Å²) in [4.78, 5) is 23.8. The summed E-state index contributed by atoms with van der Waals surface area (Å²) in [6, 6.07) is 8.62. The molecule has 0 unspecified atom stereocenters. The van der Waals surface area contributed by atoms with Crippen LogP contribution in [0, 0.1) is 0 Å². The molecule has 2 saturated heterocycles. The van der Waals surface area contributed by atoms with Crippen LogP contribution in [0.25, 0.3) is 0 Å². The number of amides is 1. The second-order valence-corrected chi connectivity index (χ2v) is 11.3. The van der Waals surface area contributed by atoms with Crippen LogP contribution in [-0.2, 0) is 4.74 Å². The van der Waals surface area contributed by atoms with Crippen molar-refractivity contribution >= 4 is 49.5 Å². The molecular weight excluding hydrogens is 540 g/mol. The van der Waals surface area contributed by atoms with Crippen LogP contribution in [-0.4, -0.2) is 64.7 Å². The maximum absolute atomic E-state index is 12.5. The number of ether oxygens (including phenoxy) is 2. The van der Waals surface area contributed by atoms with E-state index in [1.165, 1.54) is 0 Å². The topological polar surface area (TPSA) is 58.1 Å². The molecule has 1 amide bonds. The van der Waals surface area contributed by atoms with Gasteiger partial charge in [-0.25, -0.2) is 9.78 Å². The smallest absolute Gasteiger partial charge is 0.410 e. The molecule has 170 valence electrons. The molecule has 9 heteroatoms. The maximum atomic E-state index is 12.5. The highest BCUT2D eigenvalue weighted by Crippen LogP contribution is 2.47. The highest BCUT2D eigenvalue weighted by Gasteiger charge is 2.46. The third-order valence-corrected chi connectivity index (χ3v) is 7.01. The van der Waals surface area contributed by atoms with Gasteiger partial charge in [0.2, 0.25) is 0 Å². The van der Waals surface area contributed by atoms with Crippen molar-refractivity contribution in [3.63, 3.8) is 0 Å². The summed E-state index contributed by atoms with van der Waals surface area (Å²) in [7, 11) is 0. The molecule has 2 atom stereocenters. The molecule has 0 saturated carbocycles. The number of fused-ring (bicyclic) bond motifs is 4. The van der Waals surface area contributed by atoms with Crippen LogP contribution in [0.1, 0.15) is 27.2 Å². The van der Waals surface area contributed by atoms with Gasteiger partial charge in [-0.1, -0.05) is 15.9 Å². The van der Waals surface area contributed by atoms with E-state index < -0.39 is 5.60 Å². The Labute approximate surface area is 204 Å². The molecular formula is C23H26Br2N4O3. The van der Waals surface area contributed by atoms with E-state index in [2.05, 4.69) is 52.7 Å². The fourth-order valence-corrected chi connectivity index (χ4v) is 5.39. The standard InChI is InChI=1S/C23H26Br2N4O3/c1-23(2,3)32-22(30)29-13-16-10-17(29)12-27(16)6-7-28-18-5-4-14(24)8-19(18)31-20-9-15(25)11-26-21(20)28/h4-5,8-9,11,16-17H,6-7,10,12-13H2,1-3H3/t16-,17-/m1/s1. The molecule has 2 aromatic rings. The zero-order valence-electron chi connectivity index (χ0n) is 18.3. The average molecular weight is 566 g/mol. The first-order chi connectivity index (χ1) is 15.2. The Morgan fingerprint density at radius 2 is 1.91 bits per heavy atom. The molecule has 2 fully saturated rings. The molecule has 0 radical (unpaired) electrons. The molecule has 2 bridgehead atoms. The Kier molecular flexibility index (Phi) is 5.62. The second kappa shape index (κ2) is 8.18. The molecule has 3 aliphatic rings. The number of halogens is 2. The Morgan fingerprint density at radius 1 is 1.12 bits per heavy atom. The van der Waals surface area contributed by atoms with Gasteiger partial charge in [-0.3, -0.25) is 4.90 Å². The lowest BCUT2D eigenvalue weighted by atomic mass is 10.2. The van der Waals surface area contributed by atoms with Gasteiger partial charge in [0.1, 0.15) is 5.60 Å². The normalized spacial score (nSPS) is 21.9. The fraction of sp³-hybridized carbons (Fsp3) is 0.478. The molecule has 0 aliphatic carbocycles. The molecule has 0 N–H and O–H groups in total. The molecule has 1 aromatic carbocycles. The van der Waals surface area contributed by atoms with Crippen molar-refractivity contribution in [3.8, 4) is 11.5 Å². The Bertz CT molecular complexity index is 1010. The lowest BCUT2D eigenvalue weighted by molar-refractivity contribution is 0.0132. The van der Waals surface area contributed by atoms with Crippen molar-refractivity contribution < 1.29 is 14.3 Å². The maximum Gasteiger partial charge on any atom is 0.410 e. The Hall–Kier alpha value is -1.84. The monoisotopic (exact) mass is 564 g/mol. The van der Waals surface area contributed by atoms with Crippen molar-refractivity contribution in [2.75, 3.05) is 31.1 Å². The number of hydrogen-bond acceptors (Lipinski definition) is 6. The van der Waals surface area contributed by atoms with Crippen molar-refractivity contribution in [3.05, 3.63) is 39.4 Å². The highest BCUT2D eigenvalue weighted by molar-refractivity contribution is 9.10. The minimum Gasteiger partial charge on any atom is -0.451 e. The number of carbonyl (C=O) groups is 1. The minimum atomic E-state index is -0.466. The molecule has 3 aliphatic heterocycles. The van der Waals surface area contributed by atoms with Gasteiger partial charge in [-0.05, 0) is 61.3 Å². The van der Waals surface area contributed by atoms with Crippen LogP contribution in [0.3, 0.4) is 0 Å². The lowest BCUT2D eigenvalue weighted by Crippen LogP contribution is -2.51. The van der Waals surface area contributed by atoms with Crippen molar-refractivity contribution in [1.82, 2.24) is 14.8 Å². The van der Waals surface area contributed by atoms with Gasteiger partial charge < -0.3 is 19.3 Å². The minimum absolute atomic E-state index is 0.193. The van der Waals surface area contributed by atoms with Gasteiger partial charge in [0.25, 0.3) is 0 Å². The van der Waals surface area contributed by atoms with E-state index in [9.17, 15) is 4.79 Å². The van der Waals surface area contributed by atoms with Crippen molar-refractivity contribution in [1.29, 1.82) is 0 Å². The third-order valence-electron chi connectivity index (χ3n) is 6.08. The van der Waals surface area contributed by atoms with E-state index in [1.54, 1.807) is 6.20 Å². The zero-order chi connectivity index (χ0) is 22.6. The van der Waals surface area contributed by atoms with Gasteiger partial charge >= 0.3 is 6.09 Å². The molecule has 0 spiro atoms. The van der Waals surface area contributed by atoms with Crippen LogP contribution in [0.5, 0.6) is 11.5 Å². The lowest BCUT2D eigenvalue weighted by Gasteiger charge is -2.37. The van der Waals surface area contributed by atoms with Crippen molar-refractivity contribution in [2.24, 2.45) is 0 Å². The summed E-state index contributed by atoms with van der Waals surface area (Å²) in [6.45, 7) is 9.01. The van der Waals surface area contributed by atoms with Crippen LogP contribution in [0.15, 0.2) is 39.4 Å². The average Bonchev–Trinajstić information content (AvgIpc) is 3.30. The molecule has 32 heavy (non-hydrogen) atoms. The summed E-state index contributed by atoms with van der Waals surface area (Å²) in [5.74, 6) is 2.37. The Morgan fingerprint density at radius 3 is 2.62 bits per heavy atom. The van der Waals surface area contributed by atoms with E-state index in [0.717, 1.165) is 64.5 Å². The number of pyridine rings is 1. The predicted molar refractivity (Wildman–Crippen MR) is 130 cm³/mol. The molecule has 1 aromatic heterocycles. The molecule has 4 heterocycles. The Balaban J connectivity index is 1.29. The summed E-state index contributed by atoms with van der Waals surface area (Å²) in [6.07, 6.45) is 2.62. The van der Waals surface area contributed by atoms with E-state index in [-0.39, 0.29) is 12.1 Å². The number of nitrogens with zero attached hydrogens (tertiary/aromatic N) is 4. The first kappa shape index (κ1) is 22.0. The number of carbonyl (C=O) groups excluding carboxylic acids is 1.